The van der Waals surface area contributed by atoms with Crippen molar-refractivity contribution in [3.8, 4) is 0 Å². The highest BCUT2D eigenvalue weighted by atomic mass is 16.3. The Morgan fingerprint density at radius 2 is 1.95 bits per heavy atom. The first-order valence-corrected chi connectivity index (χ1v) is 7.37. The lowest BCUT2D eigenvalue weighted by atomic mass is 9.97. The van der Waals surface area contributed by atoms with Gasteiger partial charge in [0.05, 0.1) is 23.8 Å². The molecule has 1 aliphatic rings. The first-order valence-electron chi connectivity index (χ1n) is 7.37. The lowest BCUT2D eigenvalue weighted by Crippen LogP contribution is -2.20. The van der Waals surface area contributed by atoms with Crippen molar-refractivity contribution in [2.75, 3.05) is 30.3 Å². The van der Waals surface area contributed by atoms with Crippen molar-refractivity contribution in [1.29, 1.82) is 0 Å². The zero-order valence-corrected chi connectivity index (χ0v) is 11.7. The molecule has 0 saturated heterocycles. The Hall–Kier alpha value is -1.29. The Balaban J connectivity index is 1.85. The van der Waals surface area contributed by atoms with Crippen LogP contribution in [0.25, 0.3) is 0 Å². The maximum atomic E-state index is 9.32. The van der Waals surface area contributed by atoms with Crippen LogP contribution >= 0.6 is 0 Å². The molecule has 1 aromatic rings. The van der Waals surface area contributed by atoms with Gasteiger partial charge in [-0.05, 0) is 37.2 Å². The van der Waals surface area contributed by atoms with Crippen LogP contribution in [0, 0.1) is 11.8 Å². The van der Waals surface area contributed by atoms with E-state index >= 15 is 0 Å². The molecule has 0 aromatic carbocycles. The number of nitrogens with one attached hydrogen (secondary N) is 2. The fourth-order valence-corrected chi connectivity index (χ4v) is 2.77. The number of rotatable bonds is 7. The molecule has 0 aliphatic heterocycles. The van der Waals surface area contributed by atoms with E-state index in [9.17, 15) is 5.11 Å². The summed E-state index contributed by atoms with van der Waals surface area (Å²) in [4.78, 5) is 4.25. The van der Waals surface area contributed by atoms with Gasteiger partial charge in [-0.1, -0.05) is 13.3 Å². The van der Waals surface area contributed by atoms with Gasteiger partial charge < -0.3 is 15.7 Å². The van der Waals surface area contributed by atoms with E-state index in [0.717, 1.165) is 30.9 Å². The van der Waals surface area contributed by atoms with Crippen molar-refractivity contribution in [1.82, 2.24) is 4.98 Å². The summed E-state index contributed by atoms with van der Waals surface area (Å²) in [6.45, 7) is 4.38. The van der Waals surface area contributed by atoms with Gasteiger partial charge in [-0.15, -0.1) is 0 Å². The van der Waals surface area contributed by atoms with Gasteiger partial charge in [0, 0.05) is 19.7 Å². The van der Waals surface area contributed by atoms with Crippen molar-refractivity contribution < 1.29 is 5.11 Å². The summed E-state index contributed by atoms with van der Waals surface area (Å²) in [5.41, 5.74) is 2.13. The Bertz CT molecular complexity index is 383. The third kappa shape index (κ3) is 4.10. The molecule has 0 bridgehead atoms. The molecule has 2 atom stereocenters. The molecule has 19 heavy (non-hydrogen) atoms. The van der Waals surface area contributed by atoms with Crippen LogP contribution in [0.5, 0.6) is 0 Å². The van der Waals surface area contributed by atoms with E-state index in [1.807, 2.05) is 12.4 Å². The first kappa shape index (κ1) is 14.1. The van der Waals surface area contributed by atoms with Crippen LogP contribution in [-0.2, 0) is 0 Å². The quantitative estimate of drug-likeness (QED) is 0.708. The second-order valence-electron chi connectivity index (χ2n) is 5.40. The molecule has 1 fully saturated rings. The maximum absolute atomic E-state index is 9.32. The van der Waals surface area contributed by atoms with Crippen LogP contribution in [-0.4, -0.2) is 29.8 Å². The minimum atomic E-state index is 0.322. The normalized spacial score (nSPS) is 22.4. The van der Waals surface area contributed by atoms with Crippen LogP contribution in [0.3, 0.4) is 0 Å². The Kier molecular flexibility index (Phi) is 5.45. The number of pyridine rings is 1. The zero-order valence-electron chi connectivity index (χ0n) is 11.7. The average Bonchev–Trinajstić information content (AvgIpc) is 2.91. The number of aliphatic hydroxyl groups is 1. The molecule has 0 spiro atoms. The lowest BCUT2D eigenvalue weighted by Gasteiger charge is -2.18. The topological polar surface area (TPSA) is 57.2 Å². The van der Waals surface area contributed by atoms with Gasteiger partial charge >= 0.3 is 0 Å². The van der Waals surface area contributed by atoms with E-state index in [4.69, 9.17) is 0 Å². The van der Waals surface area contributed by atoms with Gasteiger partial charge in [-0.25, -0.2) is 0 Å². The fourth-order valence-electron chi connectivity index (χ4n) is 2.77. The highest BCUT2D eigenvalue weighted by Gasteiger charge is 2.26. The lowest BCUT2D eigenvalue weighted by molar-refractivity contribution is 0.199. The van der Waals surface area contributed by atoms with Crippen LogP contribution in [0.1, 0.15) is 32.6 Å². The first-order chi connectivity index (χ1) is 9.33. The predicted octanol–water partition coefficient (Wildman–Crippen LogP) is 2.72. The highest BCUT2D eigenvalue weighted by Crippen LogP contribution is 2.31. The summed E-state index contributed by atoms with van der Waals surface area (Å²) >= 11 is 0. The fraction of sp³-hybridized carbons (Fsp3) is 0.667. The van der Waals surface area contributed by atoms with Gasteiger partial charge in [-0.2, -0.15) is 0 Å². The predicted molar refractivity (Wildman–Crippen MR) is 79.4 cm³/mol. The number of anilines is 2. The molecule has 1 heterocycles. The van der Waals surface area contributed by atoms with E-state index in [0.29, 0.717) is 18.4 Å². The third-order valence-electron chi connectivity index (χ3n) is 3.94. The number of aliphatic hydroxyl groups excluding tert-OH is 1. The molecule has 2 unspecified atom stereocenters. The number of nitrogens with zero attached hydrogens (tertiary/aromatic N) is 1. The van der Waals surface area contributed by atoms with Gasteiger partial charge in [0.15, 0.2) is 0 Å². The molecular formula is C15H25N3O. The number of hydrogen-bond donors (Lipinski definition) is 3. The molecule has 3 N–H and O–H groups in total. The van der Waals surface area contributed by atoms with Crippen LogP contribution in [0.15, 0.2) is 18.5 Å². The maximum Gasteiger partial charge on any atom is 0.0547 e. The Morgan fingerprint density at radius 3 is 2.68 bits per heavy atom. The van der Waals surface area contributed by atoms with Crippen molar-refractivity contribution in [3.63, 3.8) is 0 Å². The summed E-state index contributed by atoms with van der Waals surface area (Å²) in [6.07, 6.45) is 8.46. The smallest absolute Gasteiger partial charge is 0.0547 e. The number of aromatic nitrogens is 1. The SMILES string of the molecule is CCCNc1cncc(NCC2CCCC2CO)c1. The molecule has 1 aromatic heterocycles. The Morgan fingerprint density at radius 1 is 1.21 bits per heavy atom. The van der Waals surface area contributed by atoms with Gasteiger partial charge in [0.1, 0.15) is 0 Å². The Labute approximate surface area is 115 Å². The summed E-state index contributed by atoms with van der Waals surface area (Å²) < 4.78 is 0. The van der Waals surface area contributed by atoms with Crippen LogP contribution < -0.4 is 10.6 Å². The molecular weight excluding hydrogens is 238 g/mol. The monoisotopic (exact) mass is 263 g/mol. The molecule has 1 saturated carbocycles. The van der Waals surface area contributed by atoms with E-state index < -0.39 is 0 Å². The molecule has 4 heteroatoms. The van der Waals surface area contributed by atoms with Crippen LogP contribution in [0.4, 0.5) is 11.4 Å². The van der Waals surface area contributed by atoms with E-state index in [1.54, 1.807) is 0 Å². The van der Waals surface area contributed by atoms with Crippen molar-refractivity contribution in [3.05, 3.63) is 18.5 Å². The van der Waals surface area contributed by atoms with Gasteiger partial charge in [-0.3, -0.25) is 4.98 Å². The summed E-state index contributed by atoms with van der Waals surface area (Å²) in [5, 5.41) is 16.1. The second-order valence-corrected chi connectivity index (χ2v) is 5.40. The molecule has 1 aliphatic carbocycles. The summed E-state index contributed by atoms with van der Waals surface area (Å²) in [5.74, 6) is 1.07. The molecule has 0 amide bonds. The second kappa shape index (κ2) is 7.34. The molecule has 2 rings (SSSR count). The largest absolute Gasteiger partial charge is 0.396 e. The molecule has 106 valence electrons. The van der Waals surface area contributed by atoms with E-state index in [1.165, 1.54) is 19.3 Å². The van der Waals surface area contributed by atoms with Crippen molar-refractivity contribution >= 4 is 11.4 Å². The zero-order chi connectivity index (χ0) is 13.5. The minimum Gasteiger partial charge on any atom is -0.396 e. The summed E-state index contributed by atoms with van der Waals surface area (Å²) in [7, 11) is 0. The van der Waals surface area contributed by atoms with Gasteiger partial charge in [0.25, 0.3) is 0 Å². The molecule has 0 radical (unpaired) electrons. The average molecular weight is 263 g/mol. The molecule has 4 nitrogen and oxygen atoms in total. The summed E-state index contributed by atoms with van der Waals surface area (Å²) in [6, 6.07) is 2.10. The van der Waals surface area contributed by atoms with E-state index in [-0.39, 0.29) is 0 Å². The third-order valence-corrected chi connectivity index (χ3v) is 3.94. The van der Waals surface area contributed by atoms with Crippen molar-refractivity contribution in [2.45, 2.75) is 32.6 Å². The highest BCUT2D eigenvalue weighted by molar-refractivity contribution is 5.53. The standard InChI is InChI=1S/C15H25N3O/c1-2-6-17-14-7-15(10-16-9-14)18-8-12-4-3-5-13(12)11-19/h7,9-10,12-13,17-19H,2-6,8,11H2,1H3. The minimum absolute atomic E-state index is 0.322. The van der Waals surface area contributed by atoms with Gasteiger partial charge in [0.2, 0.25) is 0 Å². The number of hydrogen-bond acceptors (Lipinski definition) is 4. The van der Waals surface area contributed by atoms with E-state index in [2.05, 4.69) is 28.6 Å². The van der Waals surface area contributed by atoms with Crippen LogP contribution in [0.2, 0.25) is 0 Å². The van der Waals surface area contributed by atoms with Crippen molar-refractivity contribution in [2.24, 2.45) is 11.8 Å².